The first kappa shape index (κ1) is 41.7. The van der Waals surface area contributed by atoms with Crippen molar-refractivity contribution in [3.8, 4) is 0 Å². The third kappa shape index (κ3) is 13.3. The molecule has 1 amide bonds. The minimum Gasteiger partial charge on any atom is -0.457 e. The highest BCUT2D eigenvalue weighted by Crippen LogP contribution is 2.28. The summed E-state index contributed by atoms with van der Waals surface area (Å²) >= 11 is 0. The Morgan fingerprint density at radius 3 is 1.73 bits per heavy atom. The maximum Gasteiger partial charge on any atom is 0.397 e. The summed E-state index contributed by atoms with van der Waals surface area (Å²) < 4.78 is 50.9. The minimum absolute atomic E-state index is 0.00424. The Labute approximate surface area is 332 Å². The van der Waals surface area contributed by atoms with Crippen LogP contribution >= 0.6 is 0 Å². The molecule has 11 nitrogen and oxygen atoms in total. The van der Waals surface area contributed by atoms with E-state index < -0.39 is 59.5 Å². The number of benzene rings is 4. The molecule has 5 rings (SSSR count). The SMILES string of the molecule is [2H]OS(=O)(=O)O[C@H]1[C@H](OC(=O)CCCCCCCCc2cccc3ccccc23)[C@@H](NC(=O)CCCCCCCCc2cccc3ccccc23)C(O)O[C@@H]1CO. The van der Waals surface area contributed by atoms with Crippen LogP contribution in [0.25, 0.3) is 23.0 Å². The first-order valence-corrected chi connectivity index (χ1v) is 21.5. The number of aliphatic hydroxyl groups excluding tert-OH is 2. The number of amides is 1. The number of hydrogen-bond acceptors (Lipinski definition) is 10. The van der Waals surface area contributed by atoms with Crippen molar-refractivity contribution in [2.75, 3.05) is 6.61 Å². The zero-order chi connectivity index (χ0) is 40.5. The van der Waals surface area contributed by atoms with Crippen LogP contribution in [0.3, 0.4) is 0 Å². The molecule has 0 radical (unpaired) electrons. The molecular weight excluding hydrogens is 735 g/mol. The van der Waals surface area contributed by atoms with Gasteiger partial charge in [-0.2, -0.15) is 8.42 Å². The highest BCUT2D eigenvalue weighted by atomic mass is 32.3. The van der Waals surface area contributed by atoms with Crippen LogP contribution < -0.4 is 5.32 Å². The molecule has 304 valence electrons. The number of ether oxygens (including phenoxy) is 2. The van der Waals surface area contributed by atoms with E-state index in [1.165, 1.54) is 32.7 Å². The number of aryl methyl sites for hydroxylation is 2. The van der Waals surface area contributed by atoms with Gasteiger partial charge in [0.05, 0.1) is 6.61 Å². The summed E-state index contributed by atoms with van der Waals surface area (Å²) in [4.78, 5) is 26.2. The van der Waals surface area contributed by atoms with E-state index >= 15 is 0 Å². The van der Waals surface area contributed by atoms with Crippen molar-refractivity contribution in [3.63, 3.8) is 0 Å². The third-order valence-corrected chi connectivity index (χ3v) is 11.1. The summed E-state index contributed by atoms with van der Waals surface area (Å²) in [6, 6.07) is 28.1. The van der Waals surface area contributed by atoms with Gasteiger partial charge in [-0.1, -0.05) is 136 Å². The van der Waals surface area contributed by atoms with Gasteiger partial charge in [0.25, 0.3) is 0 Å². The zero-order valence-electron chi connectivity index (χ0n) is 33.1. The molecule has 1 saturated heterocycles. The fraction of sp³-hybridized carbons (Fsp3) is 0.500. The van der Waals surface area contributed by atoms with E-state index in [9.17, 15) is 28.2 Å². The van der Waals surface area contributed by atoms with Gasteiger partial charge in [0.15, 0.2) is 12.4 Å². The standard InChI is InChI=1S/C44H57NO10S/c46-31-38-42(55-56(50,51)52)43(54-40(48)30-12-8-4-2-6-10-20-33-24-18-26-35-22-14-16-28-37(33)35)41(44(49)53-38)45-39(47)29-11-7-3-1-5-9-19-32-23-17-25-34-21-13-15-27-36(32)34/h13-18,21-28,38,41-44,46,49H,1-12,19-20,29-31H2,(H,45,47)(H,50,51,52)/t38-,41-,42-,43-,44?/m1/s1/i/hD. The summed E-state index contributed by atoms with van der Waals surface area (Å²) in [6.45, 7) is -0.813. The summed E-state index contributed by atoms with van der Waals surface area (Å²) in [6.07, 6.45) is 6.44. The number of carbonyl (C=O) groups excluding carboxylic acids is 2. The van der Waals surface area contributed by atoms with Gasteiger partial charge < -0.3 is 25.0 Å². The van der Waals surface area contributed by atoms with Crippen LogP contribution in [-0.4, -0.2) is 72.3 Å². The van der Waals surface area contributed by atoms with Crippen LogP contribution in [0.5, 0.6) is 0 Å². The molecule has 56 heavy (non-hydrogen) atoms. The van der Waals surface area contributed by atoms with Crippen molar-refractivity contribution in [2.24, 2.45) is 0 Å². The summed E-state index contributed by atoms with van der Waals surface area (Å²) in [5, 5.41) is 28.5. The van der Waals surface area contributed by atoms with Crippen molar-refractivity contribution in [1.82, 2.24) is 5.32 Å². The molecule has 0 bridgehead atoms. The highest BCUT2D eigenvalue weighted by molar-refractivity contribution is 7.80. The second-order valence-corrected chi connectivity index (χ2v) is 15.8. The smallest absolute Gasteiger partial charge is 0.397 e. The van der Waals surface area contributed by atoms with E-state index in [1.54, 1.807) is 0 Å². The van der Waals surface area contributed by atoms with Crippen LogP contribution in [-0.2, 0) is 46.5 Å². The molecule has 1 fully saturated rings. The van der Waals surface area contributed by atoms with Crippen LogP contribution in [0.2, 0.25) is 0 Å². The van der Waals surface area contributed by atoms with Crippen molar-refractivity contribution >= 4 is 43.8 Å². The first-order valence-electron chi connectivity index (χ1n) is 20.5. The van der Waals surface area contributed by atoms with Crippen LogP contribution in [0.4, 0.5) is 0 Å². The number of unbranched alkanes of at least 4 members (excludes halogenated alkanes) is 10. The summed E-state index contributed by atoms with van der Waals surface area (Å²) in [5.74, 6) is -1.15. The number of carbonyl (C=O) groups is 2. The number of fused-ring (bicyclic) bond motifs is 2. The zero-order valence-corrected chi connectivity index (χ0v) is 32.9. The number of rotatable bonds is 24. The molecule has 4 aromatic carbocycles. The lowest BCUT2D eigenvalue weighted by Gasteiger charge is -2.43. The summed E-state index contributed by atoms with van der Waals surface area (Å²) in [5.41, 5.74) is 2.69. The maximum absolute atomic E-state index is 13.1. The largest absolute Gasteiger partial charge is 0.457 e. The van der Waals surface area contributed by atoms with Gasteiger partial charge in [0.2, 0.25) is 7.34 Å². The van der Waals surface area contributed by atoms with Gasteiger partial charge in [-0.05, 0) is 71.2 Å². The first-order chi connectivity index (χ1) is 27.7. The Kier molecular flexibility index (Phi) is 16.5. The van der Waals surface area contributed by atoms with Crippen molar-refractivity contribution in [1.29, 1.82) is 1.43 Å². The molecule has 1 aliphatic heterocycles. The molecule has 4 N–H and O–H groups in total. The quantitative estimate of drug-likeness (QED) is 0.0316. The molecule has 0 aromatic heterocycles. The summed E-state index contributed by atoms with van der Waals surface area (Å²) in [7, 11) is -4.92. The topological polar surface area (TPSA) is 169 Å². The number of aliphatic hydroxyl groups is 2. The minimum atomic E-state index is -4.92. The Hall–Kier alpha value is -3.91. The van der Waals surface area contributed by atoms with Crippen LogP contribution in [0, 0.1) is 0 Å². The molecule has 5 atom stereocenters. The fourth-order valence-corrected chi connectivity index (χ4v) is 8.21. The number of nitrogens with one attached hydrogen (secondary N) is 1. The molecule has 12 heteroatoms. The Morgan fingerprint density at radius 1 is 0.679 bits per heavy atom. The van der Waals surface area contributed by atoms with Crippen molar-refractivity contribution in [2.45, 2.75) is 133 Å². The fourth-order valence-electron chi connectivity index (χ4n) is 7.70. The number of hydrogen-bond donors (Lipinski definition) is 4. The molecule has 4 aromatic rings. The van der Waals surface area contributed by atoms with E-state index in [-0.39, 0.29) is 12.8 Å². The molecule has 1 unspecified atom stereocenters. The number of esters is 1. The Morgan fingerprint density at radius 2 is 1.18 bits per heavy atom. The average molecular weight is 793 g/mol. The van der Waals surface area contributed by atoms with E-state index in [0.717, 1.165) is 77.0 Å². The monoisotopic (exact) mass is 792 g/mol. The van der Waals surface area contributed by atoms with Gasteiger partial charge >= 0.3 is 16.4 Å². The predicted octanol–water partition coefficient (Wildman–Crippen LogP) is 7.53. The predicted molar refractivity (Wildman–Crippen MR) is 216 cm³/mol. The van der Waals surface area contributed by atoms with E-state index in [1.807, 2.05) is 12.1 Å². The van der Waals surface area contributed by atoms with Crippen LogP contribution in [0.1, 0.15) is 101 Å². The van der Waals surface area contributed by atoms with Crippen molar-refractivity contribution < 1.29 is 46.4 Å². The van der Waals surface area contributed by atoms with E-state index in [0.29, 0.717) is 12.8 Å². The molecular formula is C44H57NO10S. The van der Waals surface area contributed by atoms with E-state index in [4.69, 9.17) is 15.1 Å². The second-order valence-electron chi connectivity index (χ2n) is 14.8. The average Bonchev–Trinajstić information content (AvgIpc) is 3.22. The van der Waals surface area contributed by atoms with Gasteiger partial charge in [-0.25, -0.2) is 4.18 Å². The third-order valence-electron chi connectivity index (χ3n) is 10.6. The van der Waals surface area contributed by atoms with Crippen molar-refractivity contribution in [3.05, 3.63) is 96.1 Å². The second kappa shape index (κ2) is 22.1. The maximum atomic E-state index is 13.1. The lowest BCUT2D eigenvalue weighted by atomic mass is 9.96. The Balaban J connectivity index is 1.04. The van der Waals surface area contributed by atoms with Gasteiger partial charge in [-0.15, -0.1) is 0 Å². The lowest BCUT2D eigenvalue weighted by molar-refractivity contribution is -0.254. The highest BCUT2D eigenvalue weighted by Gasteiger charge is 2.50. The molecule has 0 spiro atoms. The Bertz CT molecular complexity index is 1970. The molecule has 1 heterocycles. The molecule has 0 saturated carbocycles. The van der Waals surface area contributed by atoms with Crippen LogP contribution in [0.15, 0.2) is 84.9 Å². The van der Waals surface area contributed by atoms with E-state index in [2.05, 4.69) is 82.7 Å². The molecule has 1 aliphatic rings. The lowest BCUT2D eigenvalue weighted by Crippen LogP contribution is -2.66. The van der Waals surface area contributed by atoms with Gasteiger partial charge in [-0.3, -0.25) is 14.1 Å². The van der Waals surface area contributed by atoms with Gasteiger partial charge in [0, 0.05) is 12.8 Å². The van der Waals surface area contributed by atoms with Gasteiger partial charge in [0.1, 0.15) is 18.2 Å². The molecule has 0 aliphatic carbocycles. The normalized spacial score (nSPS) is 20.2.